The molecule has 23 heavy (non-hydrogen) atoms. The maximum absolute atomic E-state index is 6.10. The minimum absolute atomic E-state index is 0.286. The van der Waals surface area contributed by atoms with Crippen LogP contribution < -0.4 is 10.6 Å². The molecule has 1 fully saturated rings. The molecule has 3 N–H and O–H groups in total. The fourth-order valence-corrected chi connectivity index (χ4v) is 3.06. The monoisotopic (exact) mass is 313 g/mol. The van der Waals surface area contributed by atoms with Crippen LogP contribution in [0.2, 0.25) is 0 Å². The predicted octanol–water partition coefficient (Wildman–Crippen LogP) is 1.26. The lowest BCUT2D eigenvalue weighted by Crippen LogP contribution is -2.44. The summed E-state index contributed by atoms with van der Waals surface area (Å²) in [5.74, 6) is 2.14. The molecule has 4 heterocycles. The van der Waals surface area contributed by atoms with E-state index in [2.05, 4.69) is 33.2 Å². The van der Waals surface area contributed by atoms with Crippen LogP contribution in [0.4, 0.5) is 11.6 Å². The summed E-state index contributed by atoms with van der Waals surface area (Å²) in [6.45, 7) is 6.42. The van der Waals surface area contributed by atoms with Gasteiger partial charge in [0.25, 0.3) is 0 Å². The zero-order valence-corrected chi connectivity index (χ0v) is 13.2. The van der Waals surface area contributed by atoms with Crippen molar-refractivity contribution in [3.8, 4) is 5.82 Å². The predicted molar refractivity (Wildman–Crippen MR) is 87.8 cm³/mol. The van der Waals surface area contributed by atoms with Gasteiger partial charge in [0, 0.05) is 12.6 Å². The molecule has 0 radical (unpaired) electrons. The van der Waals surface area contributed by atoms with Crippen LogP contribution in [0, 0.1) is 6.92 Å². The number of hydrogen-bond acceptors (Lipinski definition) is 6. The van der Waals surface area contributed by atoms with Gasteiger partial charge in [-0.25, -0.2) is 4.98 Å². The summed E-state index contributed by atoms with van der Waals surface area (Å²) in [5.41, 5.74) is 7.90. The number of rotatable bonds is 2. The SMILES string of the molecule is Cc1cc(N2CCOCC2C)nc2c1c(N)nn2-c1ccn[nH]1. The molecule has 1 unspecified atom stereocenters. The zero-order chi connectivity index (χ0) is 16.0. The van der Waals surface area contributed by atoms with Gasteiger partial charge in [-0.2, -0.15) is 9.78 Å². The minimum atomic E-state index is 0.286. The van der Waals surface area contributed by atoms with E-state index < -0.39 is 0 Å². The van der Waals surface area contributed by atoms with E-state index in [0.717, 1.165) is 34.8 Å². The highest BCUT2D eigenvalue weighted by Crippen LogP contribution is 2.29. The van der Waals surface area contributed by atoms with E-state index in [-0.39, 0.29) is 6.04 Å². The third-order valence-corrected chi connectivity index (χ3v) is 4.22. The molecular formula is C15H19N7O. The number of nitrogens with zero attached hydrogens (tertiary/aromatic N) is 5. The molecule has 8 nitrogen and oxygen atoms in total. The second kappa shape index (κ2) is 5.24. The Kier molecular flexibility index (Phi) is 3.19. The van der Waals surface area contributed by atoms with Gasteiger partial charge in [0.05, 0.1) is 30.8 Å². The number of nitrogen functional groups attached to an aromatic ring is 1. The van der Waals surface area contributed by atoms with Crippen LogP contribution in [-0.4, -0.2) is 50.8 Å². The molecule has 1 aliphatic rings. The first-order valence-electron chi connectivity index (χ1n) is 7.65. The Balaban J connectivity index is 1.90. The number of fused-ring (bicyclic) bond motifs is 1. The molecule has 1 saturated heterocycles. The number of pyridine rings is 1. The van der Waals surface area contributed by atoms with Crippen molar-refractivity contribution >= 4 is 22.7 Å². The third kappa shape index (κ3) is 2.22. The zero-order valence-electron chi connectivity index (χ0n) is 13.2. The summed E-state index contributed by atoms with van der Waals surface area (Å²) in [7, 11) is 0. The number of ether oxygens (including phenoxy) is 1. The first kappa shape index (κ1) is 14.0. The van der Waals surface area contributed by atoms with Gasteiger partial charge in [-0.1, -0.05) is 0 Å². The van der Waals surface area contributed by atoms with Gasteiger partial charge >= 0.3 is 0 Å². The Morgan fingerprint density at radius 3 is 3.04 bits per heavy atom. The van der Waals surface area contributed by atoms with E-state index in [1.807, 2.05) is 13.0 Å². The van der Waals surface area contributed by atoms with E-state index in [0.29, 0.717) is 19.0 Å². The number of anilines is 2. The largest absolute Gasteiger partial charge is 0.382 e. The van der Waals surface area contributed by atoms with Crippen molar-refractivity contribution in [1.29, 1.82) is 0 Å². The standard InChI is InChI=1S/C15H19N7O/c1-9-7-12(21-5-6-23-8-10(21)2)18-15-13(9)14(16)20-22(15)11-3-4-17-19-11/h3-4,7,10H,5-6,8H2,1-2H3,(H2,16,20)(H,17,19). The number of nitrogens with one attached hydrogen (secondary N) is 1. The van der Waals surface area contributed by atoms with E-state index in [4.69, 9.17) is 15.5 Å². The molecule has 120 valence electrons. The summed E-state index contributed by atoms with van der Waals surface area (Å²) < 4.78 is 7.23. The molecule has 0 saturated carbocycles. The number of aryl methyl sites for hydroxylation is 1. The maximum Gasteiger partial charge on any atom is 0.169 e. The van der Waals surface area contributed by atoms with E-state index >= 15 is 0 Å². The second-order valence-electron chi connectivity index (χ2n) is 5.85. The van der Waals surface area contributed by atoms with Gasteiger partial charge < -0.3 is 15.4 Å². The average Bonchev–Trinajstić information content (AvgIpc) is 3.16. The smallest absolute Gasteiger partial charge is 0.169 e. The van der Waals surface area contributed by atoms with E-state index in [1.54, 1.807) is 10.9 Å². The number of hydrogen-bond donors (Lipinski definition) is 2. The Labute approximate surface area is 133 Å². The number of aromatic nitrogens is 5. The summed E-state index contributed by atoms with van der Waals surface area (Å²) in [4.78, 5) is 7.09. The molecule has 4 rings (SSSR count). The van der Waals surface area contributed by atoms with E-state index in [1.165, 1.54) is 0 Å². The molecule has 0 bridgehead atoms. The quantitative estimate of drug-likeness (QED) is 0.739. The van der Waals surface area contributed by atoms with Crippen molar-refractivity contribution in [2.24, 2.45) is 0 Å². The van der Waals surface area contributed by atoms with Crippen LogP contribution in [0.25, 0.3) is 16.9 Å². The van der Waals surface area contributed by atoms with Crippen molar-refractivity contribution in [3.05, 3.63) is 23.9 Å². The number of morpholine rings is 1. The van der Waals surface area contributed by atoms with Gasteiger partial charge in [0.2, 0.25) is 0 Å². The molecule has 1 aliphatic heterocycles. The molecule has 1 atom stereocenters. The van der Waals surface area contributed by atoms with Gasteiger partial charge in [0.1, 0.15) is 5.82 Å². The van der Waals surface area contributed by atoms with Crippen molar-refractivity contribution in [3.63, 3.8) is 0 Å². The molecule has 3 aromatic heterocycles. The normalized spacial score (nSPS) is 18.7. The molecule has 0 aliphatic carbocycles. The van der Waals surface area contributed by atoms with Gasteiger partial charge in [-0.3, -0.25) is 5.10 Å². The Bertz CT molecular complexity index is 839. The van der Waals surface area contributed by atoms with Gasteiger partial charge in [0.15, 0.2) is 17.3 Å². The summed E-state index contributed by atoms with van der Waals surface area (Å²) >= 11 is 0. The Morgan fingerprint density at radius 2 is 2.30 bits per heavy atom. The number of nitrogens with two attached hydrogens (primary N) is 1. The lowest BCUT2D eigenvalue weighted by atomic mass is 10.1. The van der Waals surface area contributed by atoms with Crippen LogP contribution in [0.3, 0.4) is 0 Å². The summed E-state index contributed by atoms with van der Waals surface area (Å²) in [6, 6.07) is 4.20. The highest BCUT2D eigenvalue weighted by molar-refractivity contribution is 5.91. The van der Waals surface area contributed by atoms with E-state index in [9.17, 15) is 0 Å². The maximum atomic E-state index is 6.10. The molecule has 3 aromatic rings. The molecule has 0 amide bonds. The first-order valence-corrected chi connectivity index (χ1v) is 7.65. The molecule has 0 aromatic carbocycles. The topological polar surface area (TPSA) is 97.9 Å². The minimum Gasteiger partial charge on any atom is -0.382 e. The van der Waals surface area contributed by atoms with Crippen LogP contribution in [-0.2, 0) is 4.74 Å². The van der Waals surface area contributed by atoms with Crippen molar-refractivity contribution in [2.45, 2.75) is 19.9 Å². The van der Waals surface area contributed by atoms with Gasteiger partial charge in [-0.15, -0.1) is 5.10 Å². The second-order valence-corrected chi connectivity index (χ2v) is 5.85. The first-order chi connectivity index (χ1) is 11.1. The fourth-order valence-electron chi connectivity index (χ4n) is 3.06. The molecule has 0 spiro atoms. The fraction of sp³-hybridized carbons (Fsp3) is 0.400. The average molecular weight is 313 g/mol. The Hall–Kier alpha value is -2.61. The molecular weight excluding hydrogens is 294 g/mol. The summed E-state index contributed by atoms with van der Waals surface area (Å²) in [6.07, 6.45) is 1.68. The summed E-state index contributed by atoms with van der Waals surface area (Å²) in [5, 5.41) is 12.2. The number of aromatic amines is 1. The lowest BCUT2D eigenvalue weighted by molar-refractivity contribution is 0.0985. The van der Waals surface area contributed by atoms with Crippen molar-refractivity contribution < 1.29 is 4.74 Å². The number of H-pyrrole nitrogens is 1. The third-order valence-electron chi connectivity index (χ3n) is 4.22. The molecule has 8 heteroatoms. The van der Waals surface area contributed by atoms with Crippen molar-refractivity contribution in [2.75, 3.05) is 30.4 Å². The highest BCUT2D eigenvalue weighted by atomic mass is 16.5. The van der Waals surface area contributed by atoms with Crippen LogP contribution in [0.15, 0.2) is 18.3 Å². The van der Waals surface area contributed by atoms with Crippen molar-refractivity contribution in [1.82, 2.24) is 25.0 Å². The van der Waals surface area contributed by atoms with Crippen LogP contribution >= 0.6 is 0 Å². The van der Waals surface area contributed by atoms with Crippen LogP contribution in [0.1, 0.15) is 12.5 Å². The van der Waals surface area contributed by atoms with Gasteiger partial charge in [-0.05, 0) is 25.5 Å². The lowest BCUT2D eigenvalue weighted by Gasteiger charge is -2.34. The highest BCUT2D eigenvalue weighted by Gasteiger charge is 2.23. The Morgan fingerprint density at radius 1 is 1.43 bits per heavy atom. The van der Waals surface area contributed by atoms with Crippen LogP contribution in [0.5, 0.6) is 0 Å².